The van der Waals surface area contributed by atoms with Gasteiger partial charge in [-0.25, -0.2) is 0 Å². The van der Waals surface area contributed by atoms with E-state index in [1.165, 1.54) is 6.26 Å². The van der Waals surface area contributed by atoms with Crippen LogP contribution in [0.4, 0.5) is 0 Å². The number of rotatable bonds is 2. The molecule has 0 spiro atoms. The van der Waals surface area contributed by atoms with E-state index in [1.807, 2.05) is 6.92 Å². The van der Waals surface area contributed by atoms with Crippen LogP contribution in [0.25, 0.3) is 0 Å². The van der Waals surface area contributed by atoms with Gasteiger partial charge in [0.25, 0.3) is 5.91 Å². The van der Waals surface area contributed by atoms with Gasteiger partial charge in [0.15, 0.2) is 5.76 Å². The van der Waals surface area contributed by atoms with Gasteiger partial charge in [-0.2, -0.15) is 0 Å². The Labute approximate surface area is 64.7 Å². The first kappa shape index (κ1) is 7.60. The van der Waals surface area contributed by atoms with Gasteiger partial charge in [0.2, 0.25) is 0 Å². The van der Waals surface area contributed by atoms with E-state index >= 15 is 0 Å². The molecule has 1 aromatic heterocycles. The molecule has 11 heavy (non-hydrogen) atoms. The first-order chi connectivity index (χ1) is 5.34. The normalized spacial score (nSPS) is 10.3. The molecule has 0 saturated carbocycles. The summed E-state index contributed by atoms with van der Waals surface area (Å²) in [5.74, 6) is 0.0937. The average Bonchev–Trinajstić information content (AvgIpc) is 2.52. The van der Waals surface area contributed by atoms with Gasteiger partial charge < -0.3 is 9.73 Å². The van der Waals surface area contributed by atoms with E-state index in [1.54, 1.807) is 24.4 Å². The van der Waals surface area contributed by atoms with Gasteiger partial charge in [-0.15, -0.1) is 0 Å². The molecule has 0 aliphatic carbocycles. The summed E-state index contributed by atoms with van der Waals surface area (Å²) >= 11 is 0. The Morgan fingerprint density at radius 1 is 1.73 bits per heavy atom. The highest BCUT2D eigenvalue weighted by Crippen LogP contribution is 1.98. The van der Waals surface area contributed by atoms with Gasteiger partial charge in [-0.1, -0.05) is 6.08 Å². The van der Waals surface area contributed by atoms with Crippen molar-refractivity contribution in [3.05, 3.63) is 36.4 Å². The van der Waals surface area contributed by atoms with Gasteiger partial charge in [0, 0.05) is 0 Å². The summed E-state index contributed by atoms with van der Waals surface area (Å²) in [6.45, 7) is 1.82. The number of nitrogens with one attached hydrogen (secondary N) is 1. The summed E-state index contributed by atoms with van der Waals surface area (Å²) in [4.78, 5) is 11.0. The monoisotopic (exact) mass is 151 g/mol. The molecule has 0 aliphatic heterocycles. The van der Waals surface area contributed by atoms with Crippen LogP contribution in [0.15, 0.2) is 35.1 Å². The average molecular weight is 151 g/mol. The molecule has 1 aromatic rings. The van der Waals surface area contributed by atoms with Gasteiger partial charge in [-0.3, -0.25) is 4.79 Å². The molecule has 0 aliphatic rings. The fourth-order valence-electron chi connectivity index (χ4n) is 0.638. The lowest BCUT2D eigenvalue weighted by molar-refractivity contribution is 0.0943. The number of carbonyl (C=O) groups is 1. The maximum atomic E-state index is 11.0. The molecule has 0 saturated heterocycles. The van der Waals surface area contributed by atoms with Crippen LogP contribution in [0.2, 0.25) is 0 Å². The number of allylic oxidation sites excluding steroid dienone is 1. The Morgan fingerprint density at radius 2 is 2.55 bits per heavy atom. The van der Waals surface area contributed by atoms with Crippen LogP contribution in [-0.2, 0) is 0 Å². The van der Waals surface area contributed by atoms with Crippen molar-refractivity contribution in [2.45, 2.75) is 6.92 Å². The topological polar surface area (TPSA) is 42.2 Å². The molecule has 0 aromatic carbocycles. The van der Waals surface area contributed by atoms with Gasteiger partial charge >= 0.3 is 0 Å². The Hall–Kier alpha value is -1.51. The van der Waals surface area contributed by atoms with Gasteiger partial charge in [-0.05, 0) is 25.3 Å². The molecule has 0 bridgehead atoms. The molecule has 1 rings (SSSR count). The van der Waals surface area contributed by atoms with Crippen molar-refractivity contribution in [3.63, 3.8) is 0 Å². The highest BCUT2D eigenvalue weighted by molar-refractivity contribution is 5.91. The molecular weight excluding hydrogens is 142 g/mol. The first-order valence-electron chi connectivity index (χ1n) is 3.30. The standard InChI is InChI=1S/C8H9NO2/c1-2-5-9-8(10)7-4-3-6-11-7/h2-6H,1H3,(H,9,10)/b5-2+. The smallest absolute Gasteiger partial charge is 0.290 e. The molecule has 1 heterocycles. The predicted molar refractivity (Wildman–Crippen MR) is 41.0 cm³/mol. The maximum absolute atomic E-state index is 11.0. The minimum Gasteiger partial charge on any atom is -0.459 e. The molecule has 1 amide bonds. The zero-order chi connectivity index (χ0) is 8.10. The Morgan fingerprint density at radius 3 is 3.09 bits per heavy atom. The van der Waals surface area contributed by atoms with Crippen LogP contribution in [0, 0.1) is 0 Å². The molecule has 0 atom stereocenters. The third kappa shape index (κ3) is 1.97. The van der Waals surface area contributed by atoms with Crippen molar-refractivity contribution < 1.29 is 9.21 Å². The van der Waals surface area contributed by atoms with Crippen molar-refractivity contribution >= 4 is 5.91 Å². The zero-order valence-corrected chi connectivity index (χ0v) is 6.20. The summed E-state index contributed by atoms with van der Waals surface area (Å²) in [5.41, 5.74) is 0. The Balaban J connectivity index is 2.56. The molecule has 3 nitrogen and oxygen atoms in total. The van der Waals surface area contributed by atoms with Crippen molar-refractivity contribution in [1.82, 2.24) is 5.32 Å². The molecule has 0 fully saturated rings. The van der Waals surface area contributed by atoms with E-state index in [0.29, 0.717) is 5.76 Å². The summed E-state index contributed by atoms with van der Waals surface area (Å²) in [6, 6.07) is 3.28. The quantitative estimate of drug-likeness (QED) is 0.696. The van der Waals surface area contributed by atoms with Crippen LogP contribution in [-0.4, -0.2) is 5.91 Å². The molecule has 1 N–H and O–H groups in total. The van der Waals surface area contributed by atoms with Crippen LogP contribution < -0.4 is 5.32 Å². The molecule has 3 heteroatoms. The summed E-state index contributed by atoms with van der Waals surface area (Å²) < 4.78 is 4.85. The molecular formula is C8H9NO2. The van der Waals surface area contributed by atoms with E-state index in [4.69, 9.17) is 4.42 Å². The van der Waals surface area contributed by atoms with E-state index in [9.17, 15) is 4.79 Å². The second-order valence-electron chi connectivity index (χ2n) is 1.95. The number of hydrogen-bond acceptors (Lipinski definition) is 2. The molecule has 0 unspecified atom stereocenters. The number of hydrogen-bond donors (Lipinski definition) is 1. The van der Waals surface area contributed by atoms with Crippen LogP contribution in [0.5, 0.6) is 0 Å². The van der Waals surface area contributed by atoms with E-state index in [2.05, 4.69) is 5.32 Å². The van der Waals surface area contributed by atoms with Crippen molar-refractivity contribution in [2.24, 2.45) is 0 Å². The van der Waals surface area contributed by atoms with Crippen molar-refractivity contribution in [3.8, 4) is 0 Å². The van der Waals surface area contributed by atoms with E-state index in [0.717, 1.165) is 0 Å². The third-order valence-electron chi connectivity index (χ3n) is 1.13. The van der Waals surface area contributed by atoms with Crippen LogP contribution in [0.3, 0.4) is 0 Å². The highest BCUT2D eigenvalue weighted by atomic mass is 16.3. The molecule has 0 radical (unpaired) electrons. The fraction of sp³-hybridized carbons (Fsp3) is 0.125. The number of carbonyl (C=O) groups excluding carboxylic acids is 1. The minimum atomic E-state index is -0.229. The largest absolute Gasteiger partial charge is 0.459 e. The summed E-state index contributed by atoms with van der Waals surface area (Å²) in [7, 11) is 0. The van der Waals surface area contributed by atoms with Crippen LogP contribution >= 0.6 is 0 Å². The van der Waals surface area contributed by atoms with Crippen molar-refractivity contribution in [1.29, 1.82) is 0 Å². The maximum Gasteiger partial charge on any atom is 0.290 e. The van der Waals surface area contributed by atoms with Crippen LogP contribution in [0.1, 0.15) is 17.5 Å². The Bertz CT molecular complexity index is 249. The van der Waals surface area contributed by atoms with Gasteiger partial charge in [0.1, 0.15) is 0 Å². The Kier molecular flexibility index (Phi) is 2.49. The fourth-order valence-corrected chi connectivity index (χ4v) is 0.638. The second-order valence-corrected chi connectivity index (χ2v) is 1.95. The minimum absolute atomic E-state index is 0.229. The highest BCUT2D eigenvalue weighted by Gasteiger charge is 2.03. The number of amides is 1. The summed E-state index contributed by atoms with van der Waals surface area (Å²) in [6.07, 6.45) is 4.76. The molecule has 58 valence electrons. The lowest BCUT2D eigenvalue weighted by Gasteiger charge is -1.92. The van der Waals surface area contributed by atoms with E-state index < -0.39 is 0 Å². The third-order valence-corrected chi connectivity index (χ3v) is 1.13. The van der Waals surface area contributed by atoms with E-state index in [-0.39, 0.29) is 5.91 Å². The lowest BCUT2D eigenvalue weighted by Crippen LogP contribution is -2.15. The van der Waals surface area contributed by atoms with Crippen molar-refractivity contribution in [2.75, 3.05) is 0 Å². The lowest BCUT2D eigenvalue weighted by atomic mass is 10.4. The van der Waals surface area contributed by atoms with Gasteiger partial charge in [0.05, 0.1) is 6.26 Å². The first-order valence-corrected chi connectivity index (χ1v) is 3.30. The summed E-state index contributed by atoms with van der Waals surface area (Å²) in [5, 5.41) is 2.52. The second kappa shape index (κ2) is 3.61. The SMILES string of the molecule is C/C=C/NC(=O)c1ccco1. The number of furan rings is 1. The zero-order valence-electron chi connectivity index (χ0n) is 6.20. The predicted octanol–water partition coefficient (Wildman–Crippen LogP) is 1.54.